The maximum absolute atomic E-state index is 6.28. The number of para-hydroxylation sites is 1. The molecular weight excluding hydrogens is 1600 g/mol. The highest BCUT2D eigenvalue weighted by atomic mass is 32.1. The first-order valence-electron chi connectivity index (χ1n) is 41.5. The molecule has 9 heterocycles. The van der Waals surface area contributed by atoms with E-state index in [9.17, 15) is 0 Å². The summed E-state index contributed by atoms with van der Waals surface area (Å²) in [7, 11) is 0. The molecule has 0 fully saturated rings. The van der Waals surface area contributed by atoms with Gasteiger partial charge in [0, 0.05) is 79.8 Å². The van der Waals surface area contributed by atoms with Crippen LogP contribution in [0.2, 0.25) is 0 Å². The Morgan fingerprint density at radius 2 is 0.476 bits per heavy atom. The van der Waals surface area contributed by atoms with Crippen molar-refractivity contribution in [1.29, 1.82) is 0 Å². The second kappa shape index (κ2) is 31.1. The zero-order valence-corrected chi connectivity index (χ0v) is 69.5. The van der Waals surface area contributed by atoms with Gasteiger partial charge < -0.3 is 13.3 Å². The fourth-order valence-corrected chi connectivity index (χ4v) is 20.0. The minimum atomic E-state index is 0.623. The second-order valence-corrected chi connectivity index (χ2v) is 34.3. The maximum atomic E-state index is 6.28. The maximum Gasteiger partial charge on any atom is 0.174 e. The number of rotatable bonds is 11. The molecule has 0 aliphatic rings. The summed E-state index contributed by atoms with van der Waals surface area (Å²) in [5.74, 6) is 5.82. The molecule has 0 amide bonds. The van der Waals surface area contributed by atoms with E-state index in [1.54, 1.807) is 34.0 Å². The van der Waals surface area contributed by atoms with Gasteiger partial charge in [-0.1, -0.05) is 273 Å². The van der Waals surface area contributed by atoms with E-state index in [1.165, 1.54) is 41.0 Å². The Hall–Kier alpha value is -16.2. The summed E-state index contributed by atoms with van der Waals surface area (Å²) < 4.78 is 22.3. The van der Waals surface area contributed by atoms with Crippen LogP contribution in [0.15, 0.2) is 408 Å². The number of thiophene rings is 3. The average Bonchev–Trinajstić information content (AvgIpc) is 1.57. The molecule has 0 N–H and O–H groups in total. The van der Waals surface area contributed by atoms with Crippen LogP contribution in [0.1, 0.15) is 0 Å². The molecule has 0 unspecified atom stereocenters. The van der Waals surface area contributed by atoms with Crippen molar-refractivity contribution in [3.63, 3.8) is 0 Å². The number of benzene rings is 17. The molecule has 0 spiro atoms. The summed E-state index contributed by atoms with van der Waals surface area (Å²) in [6.45, 7) is 0. The molecule has 0 saturated heterocycles. The highest BCUT2D eigenvalue weighted by Crippen LogP contribution is 2.44. The fraction of sp³-hybridized carbons (Fsp3) is 0. The van der Waals surface area contributed by atoms with Crippen LogP contribution in [0.25, 0.3) is 251 Å². The Bertz CT molecular complexity index is 8690. The highest BCUT2D eigenvalue weighted by molar-refractivity contribution is 7.23. The summed E-state index contributed by atoms with van der Waals surface area (Å²) in [4.78, 5) is 48.5. The van der Waals surface area contributed by atoms with Crippen molar-refractivity contribution in [3.05, 3.63) is 394 Å². The predicted molar refractivity (Wildman–Crippen MR) is 520 cm³/mol. The monoisotopic (exact) mass is 1670 g/mol. The van der Waals surface area contributed by atoms with E-state index in [4.69, 9.17) is 58.1 Å². The minimum Gasteiger partial charge on any atom is -0.456 e. The summed E-state index contributed by atoms with van der Waals surface area (Å²) in [6, 6.07) is 136. The van der Waals surface area contributed by atoms with Crippen molar-refractivity contribution < 1.29 is 13.3 Å². The normalized spacial score (nSPS) is 11.7. The Morgan fingerprint density at radius 3 is 1.01 bits per heavy atom. The summed E-state index contributed by atoms with van der Waals surface area (Å²) >= 11 is 5.09. The molecule has 0 saturated carbocycles. The quantitative estimate of drug-likeness (QED) is 0.121. The van der Waals surface area contributed by atoms with E-state index in [0.717, 1.165) is 158 Å². The topological polar surface area (TPSA) is 155 Å². The van der Waals surface area contributed by atoms with E-state index in [0.29, 0.717) is 52.4 Å². The molecule has 0 aliphatic heterocycles. The lowest BCUT2D eigenvalue weighted by atomic mass is 9.99. The van der Waals surface area contributed by atoms with Crippen molar-refractivity contribution in [2.24, 2.45) is 0 Å². The Morgan fingerprint density at radius 1 is 0.151 bits per heavy atom. The van der Waals surface area contributed by atoms with Crippen LogP contribution in [0.5, 0.6) is 0 Å². The predicted octanol–water partition coefficient (Wildman–Crippen LogP) is 30.8. The molecule has 26 aromatic rings. The first-order valence-corrected chi connectivity index (χ1v) is 43.9. The van der Waals surface area contributed by atoms with Crippen LogP contribution in [0, 0.1) is 0 Å². The number of hydrogen-bond donors (Lipinski definition) is 0. The number of furan rings is 3. The Kier molecular flexibility index (Phi) is 18.2. The number of hydrogen-bond acceptors (Lipinski definition) is 15. The van der Waals surface area contributed by atoms with Crippen LogP contribution in [0.4, 0.5) is 0 Å². The van der Waals surface area contributed by atoms with Gasteiger partial charge in [0.1, 0.15) is 33.5 Å². The van der Waals surface area contributed by atoms with Gasteiger partial charge in [-0.3, -0.25) is 0 Å². The van der Waals surface area contributed by atoms with Gasteiger partial charge in [-0.05, 0) is 192 Å². The molecule has 0 bridgehead atoms. The molecular formula is C111H65N9O3S3. The number of aromatic nitrogens is 9. The highest BCUT2D eigenvalue weighted by Gasteiger charge is 2.24. The molecule has 26 rings (SSSR count). The lowest BCUT2D eigenvalue weighted by Gasteiger charge is -2.11. The van der Waals surface area contributed by atoms with E-state index < -0.39 is 0 Å². The zero-order valence-electron chi connectivity index (χ0n) is 67.0. The largest absolute Gasteiger partial charge is 0.456 e. The van der Waals surface area contributed by atoms with E-state index in [2.05, 4.69) is 328 Å². The van der Waals surface area contributed by atoms with Gasteiger partial charge in [-0.15, -0.1) is 34.0 Å². The zero-order chi connectivity index (χ0) is 83.1. The average molecular weight is 1670 g/mol. The first-order chi connectivity index (χ1) is 62.3. The van der Waals surface area contributed by atoms with Gasteiger partial charge >= 0.3 is 0 Å². The lowest BCUT2D eigenvalue weighted by Crippen LogP contribution is -2.00. The van der Waals surface area contributed by atoms with Gasteiger partial charge in [-0.2, -0.15) is 0 Å². The summed E-state index contributed by atoms with van der Waals surface area (Å²) in [6.07, 6.45) is 0. The molecule has 0 atom stereocenters. The number of fused-ring (bicyclic) bond motifs is 15. The van der Waals surface area contributed by atoms with Crippen LogP contribution in [-0.4, -0.2) is 44.9 Å². The Labute approximate surface area is 732 Å². The third-order valence-electron chi connectivity index (χ3n) is 23.2. The minimum absolute atomic E-state index is 0.623. The molecule has 0 aliphatic carbocycles. The molecule has 126 heavy (non-hydrogen) atoms. The third-order valence-corrected chi connectivity index (χ3v) is 26.5. The van der Waals surface area contributed by atoms with Gasteiger partial charge in [0.05, 0.1) is 14.6 Å². The van der Waals surface area contributed by atoms with E-state index >= 15 is 0 Å². The first kappa shape index (κ1) is 73.7. The second-order valence-electron chi connectivity index (χ2n) is 31.1. The molecule has 15 heteroatoms. The van der Waals surface area contributed by atoms with Gasteiger partial charge in [0.25, 0.3) is 0 Å². The van der Waals surface area contributed by atoms with Gasteiger partial charge in [0.2, 0.25) is 0 Å². The smallest absolute Gasteiger partial charge is 0.174 e. The fourth-order valence-electron chi connectivity index (χ4n) is 17.0. The van der Waals surface area contributed by atoms with Crippen molar-refractivity contribution >= 4 is 162 Å². The lowest BCUT2D eigenvalue weighted by molar-refractivity contribution is 0.668. The van der Waals surface area contributed by atoms with E-state index in [-0.39, 0.29) is 0 Å². The van der Waals surface area contributed by atoms with Crippen molar-refractivity contribution in [3.8, 4) is 123 Å². The molecule has 9 aromatic heterocycles. The van der Waals surface area contributed by atoms with Gasteiger partial charge in [-0.25, -0.2) is 44.9 Å². The van der Waals surface area contributed by atoms with Crippen LogP contribution < -0.4 is 0 Å². The van der Waals surface area contributed by atoms with Crippen molar-refractivity contribution in [2.75, 3.05) is 0 Å². The van der Waals surface area contributed by atoms with Crippen molar-refractivity contribution in [2.45, 2.75) is 0 Å². The number of nitrogens with zero attached hydrogens (tertiary/aromatic N) is 9. The Balaban J connectivity index is 0.000000106. The van der Waals surface area contributed by atoms with Gasteiger partial charge in [0.15, 0.2) is 52.4 Å². The summed E-state index contributed by atoms with van der Waals surface area (Å²) in [5, 5.41) is 16.9. The van der Waals surface area contributed by atoms with Crippen molar-refractivity contribution in [1.82, 2.24) is 44.9 Å². The molecule has 12 nitrogen and oxygen atoms in total. The summed E-state index contributed by atoms with van der Waals surface area (Å²) in [5.41, 5.74) is 15.2. The van der Waals surface area contributed by atoms with E-state index in [1.807, 2.05) is 66.7 Å². The standard InChI is InChI=1S/2C39H23N3OS.C33H19N3OS/c1-2-10-24(11-3-1)29-15-7-8-16-30(29)38-40-37(41-39(42-38)36-23-27-14-6-9-17-35(27)44-36)28-18-19-33-31(21-28)32-20-25-12-4-5-13-26(25)22-34(32)43-33;1-2-9-24(10-3-1)25-14-8-15-29(19-25)37-40-38(42-39(41-37)36-23-28-13-6-7-16-35(28)44-36)30-17-18-33-31(21-30)32-20-26-11-4-5-12-27(26)22-34(32)43-33;1-3-11-23-20(8-1)10-7-13-26(23)32-34-31(35-33(36-32)30-19-21-9-2-6-15-29(21)38-30)22-16-17-25-24-12-4-5-14-27(24)37-28(25)18-22/h2*1-23H;1-19H. The van der Waals surface area contributed by atoms with Crippen LogP contribution in [-0.2, 0) is 0 Å². The van der Waals surface area contributed by atoms with Crippen LogP contribution in [0.3, 0.4) is 0 Å². The molecule has 590 valence electrons. The molecule has 17 aromatic carbocycles. The third kappa shape index (κ3) is 13.8. The van der Waals surface area contributed by atoms with Crippen LogP contribution >= 0.6 is 34.0 Å². The molecule has 0 radical (unpaired) electrons. The SMILES string of the molecule is c1ccc(-c2cccc(-c3nc(-c4ccc5oc6cc7ccccc7cc6c5c4)nc(-c4cc5ccccc5s4)n3)c2)cc1.c1ccc(-c2ccccc2-c2nc(-c3ccc4oc5cc6ccccc6cc5c4c3)nc(-c3cc4ccccc4s3)n2)cc1.c1ccc2sc(-c3nc(-c4ccc5c(c4)oc4ccccc45)nc(-c4cccc5ccccc45)n3)cc2c1.